The lowest BCUT2D eigenvalue weighted by molar-refractivity contribution is 0.0398. The van der Waals surface area contributed by atoms with E-state index in [4.69, 9.17) is 0 Å². The van der Waals surface area contributed by atoms with Gasteiger partial charge in [0, 0.05) is 19.6 Å². The summed E-state index contributed by atoms with van der Waals surface area (Å²) in [5, 5.41) is 9.41. The van der Waals surface area contributed by atoms with E-state index in [1.54, 1.807) is 4.90 Å². The van der Waals surface area contributed by atoms with Gasteiger partial charge in [0.25, 0.3) is 0 Å². The molecule has 3 rings (SSSR count). The van der Waals surface area contributed by atoms with Crippen LogP contribution in [0.2, 0.25) is 0 Å². The van der Waals surface area contributed by atoms with Crippen molar-refractivity contribution in [3.8, 4) is 0 Å². The number of hydrogen-bond donors (Lipinski definition) is 1. The summed E-state index contributed by atoms with van der Waals surface area (Å²) in [6.45, 7) is 3.59. The van der Waals surface area contributed by atoms with Gasteiger partial charge in [-0.15, -0.1) is 0 Å². The van der Waals surface area contributed by atoms with Gasteiger partial charge in [0.1, 0.15) is 0 Å². The quantitative estimate of drug-likeness (QED) is 0.902. The summed E-state index contributed by atoms with van der Waals surface area (Å²) in [7, 11) is 0. The van der Waals surface area contributed by atoms with Crippen LogP contribution in [-0.4, -0.2) is 46.2 Å². The molecule has 0 radical (unpaired) electrons. The van der Waals surface area contributed by atoms with Crippen LogP contribution in [0.25, 0.3) is 0 Å². The molecule has 1 spiro atoms. The van der Waals surface area contributed by atoms with Crippen LogP contribution in [0.5, 0.6) is 0 Å². The molecule has 1 amide bonds. The molecule has 0 saturated carbocycles. The van der Waals surface area contributed by atoms with E-state index >= 15 is 0 Å². The van der Waals surface area contributed by atoms with Crippen molar-refractivity contribution in [2.75, 3.05) is 19.6 Å². The number of benzene rings is 1. The highest BCUT2D eigenvalue weighted by Gasteiger charge is 2.46. The van der Waals surface area contributed by atoms with E-state index < -0.39 is 6.09 Å². The Labute approximate surface area is 120 Å². The molecule has 2 saturated heterocycles. The SMILES string of the molecule is O=C(O)N1CCCC12CCCN(Cc1ccccc1)C2. The van der Waals surface area contributed by atoms with Gasteiger partial charge in [0.2, 0.25) is 0 Å². The first-order chi connectivity index (χ1) is 9.70. The molecule has 1 atom stereocenters. The lowest BCUT2D eigenvalue weighted by Crippen LogP contribution is -2.56. The molecule has 0 aliphatic carbocycles. The fourth-order valence-electron chi connectivity index (χ4n) is 3.84. The summed E-state index contributed by atoms with van der Waals surface area (Å²) in [6, 6.07) is 10.4. The molecule has 1 aromatic rings. The molecule has 20 heavy (non-hydrogen) atoms. The van der Waals surface area contributed by atoms with Crippen LogP contribution in [0, 0.1) is 0 Å². The van der Waals surface area contributed by atoms with Crippen LogP contribution in [0.15, 0.2) is 30.3 Å². The lowest BCUT2D eigenvalue weighted by atomic mass is 9.86. The molecule has 2 fully saturated rings. The van der Waals surface area contributed by atoms with Gasteiger partial charge in [-0.3, -0.25) is 4.90 Å². The zero-order valence-electron chi connectivity index (χ0n) is 11.8. The molecule has 4 heteroatoms. The number of nitrogens with zero attached hydrogens (tertiary/aromatic N) is 2. The first kappa shape index (κ1) is 13.4. The third kappa shape index (κ3) is 2.52. The molecule has 4 nitrogen and oxygen atoms in total. The van der Waals surface area contributed by atoms with Gasteiger partial charge in [-0.1, -0.05) is 30.3 Å². The maximum absolute atomic E-state index is 11.4. The molecule has 2 aliphatic heterocycles. The molecule has 1 N–H and O–H groups in total. The average Bonchev–Trinajstić information content (AvgIpc) is 2.83. The fourth-order valence-corrected chi connectivity index (χ4v) is 3.84. The zero-order chi connectivity index (χ0) is 14.0. The van der Waals surface area contributed by atoms with E-state index in [0.29, 0.717) is 6.54 Å². The molecular formula is C16H22N2O2. The number of amides is 1. The molecule has 1 unspecified atom stereocenters. The third-order valence-corrected chi connectivity index (χ3v) is 4.71. The van der Waals surface area contributed by atoms with Crippen molar-refractivity contribution in [2.45, 2.75) is 37.8 Å². The summed E-state index contributed by atoms with van der Waals surface area (Å²) in [4.78, 5) is 15.6. The summed E-state index contributed by atoms with van der Waals surface area (Å²) in [5.74, 6) is 0. The van der Waals surface area contributed by atoms with E-state index in [1.807, 2.05) is 6.07 Å². The fraction of sp³-hybridized carbons (Fsp3) is 0.562. The Balaban J connectivity index is 1.71. The van der Waals surface area contributed by atoms with Crippen molar-refractivity contribution in [3.05, 3.63) is 35.9 Å². The monoisotopic (exact) mass is 274 g/mol. The van der Waals surface area contributed by atoms with Crippen LogP contribution < -0.4 is 0 Å². The van der Waals surface area contributed by atoms with Crippen LogP contribution in [0.3, 0.4) is 0 Å². The largest absolute Gasteiger partial charge is 0.465 e. The predicted octanol–water partition coefficient (Wildman–Crippen LogP) is 2.80. The Bertz CT molecular complexity index is 477. The van der Waals surface area contributed by atoms with Crippen molar-refractivity contribution in [1.82, 2.24) is 9.80 Å². The van der Waals surface area contributed by atoms with E-state index in [0.717, 1.165) is 45.3 Å². The second-order valence-electron chi connectivity index (χ2n) is 6.06. The summed E-state index contributed by atoms with van der Waals surface area (Å²) >= 11 is 0. The smallest absolute Gasteiger partial charge is 0.407 e. The number of hydrogen-bond acceptors (Lipinski definition) is 2. The second kappa shape index (κ2) is 5.44. The number of carboxylic acid groups (broad SMARTS) is 1. The Kier molecular flexibility index (Phi) is 3.66. The van der Waals surface area contributed by atoms with Gasteiger partial charge < -0.3 is 10.0 Å². The first-order valence-corrected chi connectivity index (χ1v) is 7.46. The van der Waals surface area contributed by atoms with E-state index in [-0.39, 0.29) is 5.54 Å². The van der Waals surface area contributed by atoms with Crippen LogP contribution >= 0.6 is 0 Å². The standard InChI is InChI=1S/C16H22N2O2/c19-15(20)18-11-5-9-16(18)8-4-10-17(13-16)12-14-6-2-1-3-7-14/h1-3,6-7H,4-5,8-13H2,(H,19,20). The van der Waals surface area contributed by atoms with Crippen molar-refractivity contribution in [1.29, 1.82) is 0 Å². The van der Waals surface area contributed by atoms with Gasteiger partial charge in [-0.25, -0.2) is 4.79 Å². The van der Waals surface area contributed by atoms with Crippen molar-refractivity contribution in [3.63, 3.8) is 0 Å². The minimum absolute atomic E-state index is 0.126. The maximum Gasteiger partial charge on any atom is 0.407 e. The van der Waals surface area contributed by atoms with Gasteiger partial charge in [0.15, 0.2) is 0 Å². The van der Waals surface area contributed by atoms with Gasteiger partial charge >= 0.3 is 6.09 Å². The maximum atomic E-state index is 11.4. The highest BCUT2D eigenvalue weighted by Crippen LogP contribution is 2.37. The van der Waals surface area contributed by atoms with Gasteiger partial charge in [-0.2, -0.15) is 0 Å². The Hall–Kier alpha value is -1.55. The third-order valence-electron chi connectivity index (χ3n) is 4.71. The van der Waals surface area contributed by atoms with Crippen LogP contribution in [-0.2, 0) is 6.54 Å². The van der Waals surface area contributed by atoms with Gasteiger partial charge in [-0.05, 0) is 37.8 Å². The Morgan fingerprint density at radius 3 is 2.55 bits per heavy atom. The van der Waals surface area contributed by atoms with Crippen molar-refractivity contribution in [2.24, 2.45) is 0 Å². The molecular weight excluding hydrogens is 252 g/mol. The summed E-state index contributed by atoms with van der Waals surface area (Å²) < 4.78 is 0. The molecule has 1 aromatic carbocycles. The first-order valence-electron chi connectivity index (χ1n) is 7.46. The minimum atomic E-state index is -0.746. The highest BCUT2D eigenvalue weighted by atomic mass is 16.4. The summed E-state index contributed by atoms with van der Waals surface area (Å²) in [5.41, 5.74) is 1.18. The van der Waals surface area contributed by atoms with Crippen LogP contribution in [0.1, 0.15) is 31.2 Å². The highest BCUT2D eigenvalue weighted by molar-refractivity contribution is 5.66. The Morgan fingerprint density at radius 2 is 1.85 bits per heavy atom. The number of rotatable bonds is 2. The topological polar surface area (TPSA) is 43.8 Å². The second-order valence-corrected chi connectivity index (χ2v) is 6.06. The van der Waals surface area contributed by atoms with E-state index in [2.05, 4.69) is 29.2 Å². The molecule has 2 heterocycles. The van der Waals surface area contributed by atoms with Gasteiger partial charge in [0.05, 0.1) is 5.54 Å². The molecule has 2 aliphatic rings. The lowest BCUT2D eigenvalue weighted by Gasteiger charge is -2.44. The van der Waals surface area contributed by atoms with Crippen LogP contribution in [0.4, 0.5) is 4.79 Å². The summed E-state index contributed by atoms with van der Waals surface area (Å²) in [6.07, 6.45) is 3.39. The van der Waals surface area contributed by atoms with Crippen molar-refractivity contribution >= 4 is 6.09 Å². The minimum Gasteiger partial charge on any atom is -0.465 e. The molecule has 0 aromatic heterocycles. The van der Waals surface area contributed by atoms with Crippen molar-refractivity contribution < 1.29 is 9.90 Å². The molecule has 108 valence electrons. The van der Waals surface area contributed by atoms with E-state index in [9.17, 15) is 9.90 Å². The Morgan fingerprint density at radius 1 is 1.15 bits per heavy atom. The number of likely N-dealkylation sites (tertiary alicyclic amines) is 2. The number of carbonyl (C=O) groups is 1. The molecule has 0 bridgehead atoms. The number of piperidine rings is 1. The van der Waals surface area contributed by atoms with E-state index in [1.165, 1.54) is 5.56 Å². The predicted molar refractivity (Wildman–Crippen MR) is 77.6 cm³/mol. The zero-order valence-corrected chi connectivity index (χ0v) is 11.8. The normalized spacial score (nSPS) is 27.1. The average molecular weight is 274 g/mol.